The lowest BCUT2D eigenvalue weighted by molar-refractivity contribution is -0.384. The predicted octanol–water partition coefficient (Wildman–Crippen LogP) is 0.522. The molecule has 1 aromatic rings. The lowest BCUT2D eigenvalue weighted by Crippen LogP contribution is -2.39. The minimum absolute atomic E-state index is 0.118. The maximum absolute atomic E-state index is 11.7. The van der Waals surface area contributed by atoms with Crippen LogP contribution in [0.3, 0.4) is 0 Å². The van der Waals surface area contributed by atoms with E-state index in [0.717, 1.165) is 4.31 Å². The number of amidine groups is 2. The van der Waals surface area contributed by atoms with Gasteiger partial charge in [0.2, 0.25) is 0 Å². The van der Waals surface area contributed by atoms with Crippen molar-refractivity contribution in [2.75, 3.05) is 14.2 Å². The van der Waals surface area contributed by atoms with Gasteiger partial charge in [0.15, 0.2) is 0 Å². The number of hydrogen-bond acceptors (Lipinski definition) is 7. The molecule has 0 radical (unpaired) electrons. The van der Waals surface area contributed by atoms with E-state index in [1.54, 1.807) is 0 Å². The average Bonchev–Trinajstić information content (AvgIpc) is 2.44. The highest BCUT2D eigenvalue weighted by atomic mass is 32.2. The molecule has 0 aromatic heterocycles. The Balaban J connectivity index is 2.27. The number of benzene rings is 1. The molecule has 1 heterocycles. The van der Waals surface area contributed by atoms with Crippen LogP contribution in [0, 0.1) is 10.1 Å². The highest BCUT2D eigenvalue weighted by Gasteiger charge is 2.29. The van der Waals surface area contributed by atoms with Crippen molar-refractivity contribution in [3.05, 3.63) is 34.4 Å². The summed E-state index contributed by atoms with van der Waals surface area (Å²) in [5.74, 6) is 0.179. The monoisotopic (exact) mass is 314 g/mol. The largest absolute Gasteiger partial charge is 0.466 e. The molecular formula is C10H10N4O6S. The van der Waals surface area contributed by atoms with Gasteiger partial charge in [-0.15, -0.1) is 4.99 Å². The summed E-state index contributed by atoms with van der Waals surface area (Å²) in [5.41, 5.74) is -0.118. The molecule has 0 unspecified atom stereocenters. The van der Waals surface area contributed by atoms with Crippen molar-refractivity contribution in [1.29, 1.82) is 0 Å². The van der Waals surface area contributed by atoms with E-state index in [9.17, 15) is 18.5 Å². The number of rotatable bonds is 2. The second kappa shape index (κ2) is 5.36. The van der Waals surface area contributed by atoms with Crippen LogP contribution in [0.1, 0.15) is 0 Å². The summed E-state index contributed by atoms with van der Waals surface area (Å²) in [4.78, 5) is 13.7. The fourth-order valence-corrected chi connectivity index (χ4v) is 2.05. The van der Waals surface area contributed by atoms with Crippen LogP contribution < -0.4 is 4.74 Å². The van der Waals surface area contributed by atoms with Crippen LogP contribution in [0.4, 0.5) is 5.69 Å². The van der Waals surface area contributed by atoms with E-state index in [4.69, 9.17) is 4.74 Å². The molecule has 21 heavy (non-hydrogen) atoms. The number of non-ortho nitro benzene ring substituents is 1. The van der Waals surface area contributed by atoms with Crippen LogP contribution in [-0.4, -0.2) is 43.8 Å². The Hall–Kier alpha value is -2.69. The predicted molar refractivity (Wildman–Crippen MR) is 72.3 cm³/mol. The van der Waals surface area contributed by atoms with Gasteiger partial charge in [0.25, 0.3) is 5.69 Å². The molecule has 0 spiro atoms. The average molecular weight is 314 g/mol. The molecule has 0 fully saturated rings. The Morgan fingerprint density at radius 3 is 2.43 bits per heavy atom. The molecule has 0 amide bonds. The fraction of sp³-hybridized carbons (Fsp3) is 0.200. The molecule has 0 saturated carbocycles. The topological polar surface area (TPSA) is 124 Å². The Bertz CT molecular complexity index is 724. The SMILES string of the molecule is COC1=NS(=O)(=O)N(C)C(Oc2ccc([N+](=O)[O-])cc2)=N1. The first-order valence-corrected chi connectivity index (χ1v) is 6.87. The summed E-state index contributed by atoms with van der Waals surface area (Å²) < 4.78 is 37.4. The molecule has 1 aliphatic heterocycles. The second-order valence-electron chi connectivity index (χ2n) is 3.77. The maximum atomic E-state index is 11.7. The van der Waals surface area contributed by atoms with Crippen molar-refractivity contribution < 1.29 is 22.8 Å². The molecule has 0 atom stereocenters. The van der Waals surface area contributed by atoms with Crippen molar-refractivity contribution in [2.24, 2.45) is 9.39 Å². The third-order valence-corrected chi connectivity index (χ3v) is 3.67. The van der Waals surface area contributed by atoms with Crippen LogP contribution in [0.25, 0.3) is 0 Å². The van der Waals surface area contributed by atoms with E-state index in [1.165, 1.54) is 38.4 Å². The van der Waals surface area contributed by atoms with Crippen molar-refractivity contribution >= 4 is 27.9 Å². The van der Waals surface area contributed by atoms with Crippen LogP contribution in [-0.2, 0) is 14.9 Å². The Kier molecular flexibility index (Phi) is 3.76. The first-order chi connectivity index (χ1) is 9.83. The quantitative estimate of drug-likeness (QED) is 0.579. The van der Waals surface area contributed by atoms with Crippen LogP contribution in [0.5, 0.6) is 5.75 Å². The van der Waals surface area contributed by atoms with Gasteiger partial charge >= 0.3 is 22.3 Å². The molecule has 0 bridgehead atoms. The number of nitro groups is 1. The zero-order valence-electron chi connectivity index (χ0n) is 11.0. The van der Waals surface area contributed by atoms with Crippen molar-refractivity contribution in [3.63, 3.8) is 0 Å². The summed E-state index contributed by atoms with van der Waals surface area (Å²) in [6.07, 6.45) is 0. The van der Waals surface area contributed by atoms with Gasteiger partial charge in [-0.2, -0.15) is 8.42 Å². The molecule has 0 aliphatic carbocycles. The molecule has 11 heteroatoms. The first kappa shape index (κ1) is 14.7. The van der Waals surface area contributed by atoms with Gasteiger partial charge in [0, 0.05) is 19.2 Å². The Morgan fingerprint density at radius 1 is 1.29 bits per heavy atom. The lowest BCUT2D eigenvalue weighted by atomic mass is 10.3. The molecule has 1 aromatic carbocycles. The van der Waals surface area contributed by atoms with E-state index < -0.39 is 15.1 Å². The molecular weight excluding hydrogens is 304 g/mol. The number of ether oxygens (including phenoxy) is 2. The molecule has 0 saturated heterocycles. The lowest BCUT2D eigenvalue weighted by Gasteiger charge is -2.21. The summed E-state index contributed by atoms with van der Waals surface area (Å²) in [6.45, 7) is 0. The minimum Gasteiger partial charge on any atom is -0.466 e. The van der Waals surface area contributed by atoms with E-state index in [2.05, 4.69) is 14.1 Å². The number of hydrogen-bond donors (Lipinski definition) is 0. The highest BCUT2D eigenvalue weighted by Crippen LogP contribution is 2.19. The van der Waals surface area contributed by atoms with Crippen molar-refractivity contribution in [2.45, 2.75) is 0 Å². The van der Waals surface area contributed by atoms with E-state index in [0.29, 0.717) is 0 Å². The van der Waals surface area contributed by atoms with Crippen LogP contribution in [0.15, 0.2) is 33.7 Å². The van der Waals surface area contributed by atoms with E-state index in [1.807, 2.05) is 0 Å². The number of aliphatic imine (C=N–C) groups is 1. The molecule has 1 aliphatic rings. The van der Waals surface area contributed by atoms with Gasteiger partial charge in [-0.05, 0) is 12.1 Å². The van der Waals surface area contributed by atoms with Gasteiger partial charge in [-0.3, -0.25) is 10.1 Å². The van der Waals surface area contributed by atoms with E-state index >= 15 is 0 Å². The third-order valence-electron chi connectivity index (χ3n) is 2.44. The standard InChI is InChI=1S/C10H10N4O6S/c1-13-10(11-9(19-2)12-21(13,17)18)20-8-5-3-7(4-6-8)14(15)16/h3-6H,1-2H3. The Morgan fingerprint density at radius 2 is 1.90 bits per heavy atom. The Labute approximate surface area is 119 Å². The smallest absolute Gasteiger partial charge is 0.352 e. The van der Waals surface area contributed by atoms with Crippen molar-refractivity contribution in [3.8, 4) is 5.75 Å². The van der Waals surface area contributed by atoms with Crippen LogP contribution in [0.2, 0.25) is 0 Å². The zero-order valence-corrected chi connectivity index (χ0v) is 11.8. The third kappa shape index (κ3) is 3.08. The summed E-state index contributed by atoms with van der Waals surface area (Å²) in [6, 6.07) is 4.43. The number of nitrogens with zero attached hydrogens (tertiary/aromatic N) is 4. The van der Waals surface area contributed by atoms with Gasteiger partial charge < -0.3 is 9.47 Å². The first-order valence-electron chi connectivity index (χ1n) is 5.47. The minimum atomic E-state index is -3.98. The summed E-state index contributed by atoms with van der Waals surface area (Å²) in [7, 11) is -1.56. The molecule has 0 N–H and O–H groups in total. The normalized spacial score (nSPS) is 16.8. The highest BCUT2D eigenvalue weighted by molar-refractivity contribution is 7.88. The van der Waals surface area contributed by atoms with Gasteiger partial charge in [0.1, 0.15) is 5.75 Å². The van der Waals surface area contributed by atoms with Crippen molar-refractivity contribution in [1.82, 2.24) is 4.31 Å². The summed E-state index contributed by atoms with van der Waals surface area (Å²) >= 11 is 0. The van der Waals surface area contributed by atoms with Gasteiger partial charge in [0.05, 0.1) is 12.0 Å². The molecule has 112 valence electrons. The maximum Gasteiger partial charge on any atom is 0.352 e. The number of methoxy groups -OCH3 is 1. The molecule has 2 rings (SSSR count). The zero-order chi connectivity index (χ0) is 15.6. The van der Waals surface area contributed by atoms with E-state index in [-0.39, 0.29) is 23.5 Å². The van der Waals surface area contributed by atoms with Crippen LogP contribution >= 0.6 is 0 Å². The number of nitro benzene ring substituents is 1. The second-order valence-corrected chi connectivity index (χ2v) is 5.40. The van der Waals surface area contributed by atoms with Gasteiger partial charge in [-0.25, -0.2) is 4.31 Å². The fourth-order valence-electron chi connectivity index (χ4n) is 1.34. The molecule has 10 nitrogen and oxygen atoms in total. The summed E-state index contributed by atoms with van der Waals surface area (Å²) in [5, 5.41) is 10.5. The van der Waals surface area contributed by atoms with Gasteiger partial charge in [-0.1, -0.05) is 4.40 Å².